The van der Waals surface area contributed by atoms with Gasteiger partial charge in [-0.15, -0.1) is 0 Å². The van der Waals surface area contributed by atoms with Crippen LogP contribution in [0.25, 0.3) is 0 Å². The Morgan fingerprint density at radius 2 is 2.11 bits per heavy atom. The first-order valence-electron chi connectivity index (χ1n) is 5.59. The molecule has 1 heterocycles. The molecule has 0 unspecified atom stereocenters. The fraction of sp³-hybridized carbons (Fsp3) is 0.545. The van der Waals surface area contributed by atoms with Crippen molar-refractivity contribution in [2.45, 2.75) is 24.5 Å². The summed E-state index contributed by atoms with van der Waals surface area (Å²) in [6, 6.07) is 2.85. The third kappa shape index (κ3) is 2.73. The van der Waals surface area contributed by atoms with Gasteiger partial charge in [0.1, 0.15) is 12.4 Å². The molecule has 7 heteroatoms. The van der Waals surface area contributed by atoms with Crippen LogP contribution in [0, 0.1) is 5.92 Å². The number of furan rings is 1. The quantitative estimate of drug-likeness (QED) is 0.747. The minimum Gasteiger partial charge on any atom is -0.457 e. The Labute approximate surface area is 106 Å². The van der Waals surface area contributed by atoms with Crippen molar-refractivity contribution in [3.05, 3.63) is 17.9 Å². The molecule has 0 aliphatic heterocycles. The summed E-state index contributed by atoms with van der Waals surface area (Å²) < 4.78 is 34.7. The Kier molecular flexibility index (Phi) is 3.45. The standard InChI is InChI=1S/C11H15NO5S/c1-12(2)18(14,15)10-6-5-9(17-10)7-16-11(13)8-3-4-8/h5-6,8H,3-4,7H2,1-2H3. The van der Waals surface area contributed by atoms with Gasteiger partial charge in [0, 0.05) is 14.1 Å². The molecule has 18 heavy (non-hydrogen) atoms. The van der Waals surface area contributed by atoms with Crippen molar-refractivity contribution >= 4 is 16.0 Å². The zero-order valence-electron chi connectivity index (χ0n) is 10.3. The predicted octanol–water partition coefficient (Wildman–Crippen LogP) is 0.983. The predicted molar refractivity (Wildman–Crippen MR) is 62.1 cm³/mol. The number of carbonyl (C=O) groups is 1. The lowest BCUT2D eigenvalue weighted by Crippen LogP contribution is -2.21. The van der Waals surface area contributed by atoms with Crippen LogP contribution in [-0.2, 0) is 26.2 Å². The van der Waals surface area contributed by atoms with Gasteiger partial charge in [0.05, 0.1) is 5.92 Å². The number of ether oxygens (including phenoxy) is 1. The summed E-state index contributed by atoms with van der Waals surface area (Å²) in [7, 11) is -0.730. The molecule has 0 saturated heterocycles. The van der Waals surface area contributed by atoms with Crippen LogP contribution in [0.2, 0.25) is 0 Å². The van der Waals surface area contributed by atoms with Crippen molar-refractivity contribution in [1.82, 2.24) is 4.31 Å². The summed E-state index contributed by atoms with van der Waals surface area (Å²) in [6.07, 6.45) is 1.74. The van der Waals surface area contributed by atoms with E-state index in [1.165, 1.54) is 26.2 Å². The molecule has 0 radical (unpaired) electrons. The minimum atomic E-state index is -3.57. The van der Waals surface area contributed by atoms with Crippen LogP contribution in [0.1, 0.15) is 18.6 Å². The highest BCUT2D eigenvalue weighted by atomic mass is 32.2. The number of hydrogen-bond donors (Lipinski definition) is 0. The summed E-state index contributed by atoms with van der Waals surface area (Å²) >= 11 is 0. The van der Waals surface area contributed by atoms with Crippen molar-refractivity contribution in [2.75, 3.05) is 14.1 Å². The number of esters is 1. The largest absolute Gasteiger partial charge is 0.457 e. The van der Waals surface area contributed by atoms with E-state index in [1.807, 2.05) is 0 Å². The molecule has 100 valence electrons. The number of carbonyl (C=O) groups excluding carboxylic acids is 1. The number of rotatable bonds is 5. The van der Waals surface area contributed by atoms with Crippen molar-refractivity contribution in [3.63, 3.8) is 0 Å². The Bertz CT molecular complexity index is 542. The van der Waals surface area contributed by atoms with E-state index in [4.69, 9.17) is 9.15 Å². The minimum absolute atomic E-state index is 0.0185. The summed E-state index contributed by atoms with van der Waals surface area (Å²) in [5, 5.41) is -0.148. The highest BCUT2D eigenvalue weighted by molar-refractivity contribution is 7.88. The molecule has 2 rings (SSSR count). The van der Waals surface area contributed by atoms with Gasteiger partial charge in [-0.25, -0.2) is 12.7 Å². The molecule has 0 aromatic carbocycles. The lowest BCUT2D eigenvalue weighted by molar-refractivity contribution is -0.147. The van der Waals surface area contributed by atoms with Crippen molar-refractivity contribution in [2.24, 2.45) is 5.92 Å². The molecule has 1 saturated carbocycles. The normalized spacial score (nSPS) is 15.9. The van der Waals surface area contributed by atoms with Crippen LogP contribution in [0.5, 0.6) is 0 Å². The first-order chi connectivity index (χ1) is 8.41. The molecule has 1 aromatic rings. The van der Waals surface area contributed by atoms with E-state index in [-0.39, 0.29) is 23.6 Å². The smallest absolute Gasteiger partial charge is 0.309 e. The van der Waals surface area contributed by atoms with Crippen LogP contribution in [0.15, 0.2) is 21.6 Å². The summed E-state index contributed by atoms with van der Waals surface area (Å²) in [5.74, 6) is 0.0952. The zero-order chi connectivity index (χ0) is 13.3. The van der Waals surface area contributed by atoms with Gasteiger partial charge in [-0.05, 0) is 25.0 Å². The van der Waals surface area contributed by atoms with Gasteiger partial charge >= 0.3 is 5.97 Å². The first-order valence-corrected chi connectivity index (χ1v) is 7.03. The molecular weight excluding hydrogens is 258 g/mol. The number of nitrogens with zero attached hydrogens (tertiary/aromatic N) is 1. The van der Waals surface area contributed by atoms with E-state index in [9.17, 15) is 13.2 Å². The fourth-order valence-electron chi connectivity index (χ4n) is 1.33. The Morgan fingerprint density at radius 3 is 2.67 bits per heavy atom. The van der Waals surface area contributed by atoms with Crippen LogP contribution in [-0.4, -0.2) is 32.8 Å². The molecule has 1 fully saturated rings. The Hall–Kier alpha value is -1.34. The Balaban J connectivity index is 1.99. The molecule has 0 bridgehead atoms. The van der Waals surface area contributed by atoms with E-state index in [0.717, 1.165) is 17.1 Å². The van der Waals surface area contributed by atoms with Crippen LogP contribution >= 0.6 is 0 Å². The summed E-state index contributed by atoms with van der Waals surface area (Å²) in [5.41, 5.74) is 0. The van der Waals surface area contributed by atoms with Gasteiger partial charge < -0.3 is 9.15 Å². The molecule has 0 spiro atoms. The SMILES string of the molecule is CN(C)S(=O)(=O)c1ccc(COC(=O)C2CC2)o1. The summed E-state index contributed by atoms with van der Waals surface area (Å²) in [4.78, 5) is 11.3. The van der Waals surface area contributed by atoms with Crippen molar-refractivity contribution in [3.8, 4) is 0 Å². The third-order valence-electron chi connectivity index (χ3n) is 2.64. The monoisotopic (exact) mass is 273 g/mol. The first kappa shape index (κ1) is 13.1. The van der Waals surface area contributed by atoms with Gasteiger partial charge in [0.2, 0.25) is 5.09 Å². The van der Waals surface area contributed by atoms with E-state index in [1.54, 1.807) is 0 Å². The molecule has 6 nitrogen and oxygen atoms in total. The van der Waals surface area contributed by atoms with E-state index in [0.29, 0.717) is 5.76 Å². The maximum atomic E-state index is 11.7. The topological polar surface area (TPSA) is 76.8 Å². The molecule has 0 amide bonds. The maximum Gasteiger partial charge on any atom is 0.309 e. The fourth-order valence-corrected chi connectivity index (χ4v) is 2.15. The van der Waals surface area contributed by atoms with E-state index in [2.05, 4.69) is 0 Å². The zero-order valence-corrected chi connectivity index (χ0v) is 11.1. The molecule has 1 aromatic heterocycles. The lowest BCUT2D eigenvalue weighted by atomic mass is 10.4. The van der Waals surface area contributed by atoms with Gasteiger partial charge in [0.15, 0.2) is 0 Å². The van der Waals surface area contributed by atoms with Gasteiger partial charge in [-0.1, -0.05) is 0 Å². The number of sulfonamides is 1. The molecule has 0 N–H and O–H groups in total. The highest BCUT2D eigenvalue weighted by Crippen LogP contribution is 2.30. The molecular formula is C11H15NO5S. The molecule has 1 aliphatic rings. The number of hydrogen-bond acceptors (Lipinski definition) is 5. The molecule has 1 aliphatic carbocycles. The van der Waals surface area contributed by atoms with E-state index < -0.39 is 10.0 Å². The van der Waals surface area contributed by atoms with Gasteiger partial charge in [-0.3, -0.25) is 4.79 Å². The average molecular weight is 273 g/mol. The summed E-state index contributed by atoms with van der Waals surface area (Å²) in [6.45, 7) is -0.0295. The average Bonchev–Trinajstić information content (AvgIpc) is 3.04. The van der Waals surface area contributed by atoms with E-state index >= 15 is 0 Å². The highest BCUT2D eigenvalue weighted by Gasteiger charge is 2.31. The van der Waals surface area contributed by atoms with Crippen LogP contribution < -0.4 is 0 Å². The van der Waals surface area contributed by atoms with Crippen molar-refractivity contribution < 1.29 is 22.4 Å². The second-order valence-electron chi connectivity index (χ2n) is 4.39. The third-order valence-corrected chi connectivity index (χ3v) is 4.33. The second-order valence-corrected chi connectivity index (χ2v) is 6.47. The molecule has 0 atom stereocenters. The van der Waals surface area contributed by atoms with Crippen LogP contribution in [0.4, 0.5) is 0 Å². The Morgan fingerprint density at radius 1 is 1.44 bits per heavy atom. The van der Waals surface area contributed by atoms with Crippen LogP contribution in [0.3, 0.4) is 0 Å². The van der Waals surface area contributed by atoms with Gasteiger partial charge in [-0.2, -0.15) is 0 Å². The lowest BCUT2D eigenvalue weighted by Gasteiger charge is -2.07. The van der Waals surface area contributed by atoms with Gasteiger partial charge in [0.25, 0.3) is 10.0 Å². The van der Waals surface area contributed by atoms with Crippen molar-refractivity contribution in [1.29, 1.82) is 0 Å². The maximum absolute atomic E-state index is 11.7. The second kappa shape index (κ2) is 4.74.